The van der Waals surface area contributed by atoms with E-state index in [4.69, 9.17) is 0 Å². The Bertz CT molecular complexity index is 1480. The summed E-state index contributed by atoms with van der Waals surface area (Å²) in [6, 6.07) is 56.3. The first-order valence-electron chi connectivity index (χ1n) is 14.3. The Morgan fingerprint density at radius 3 is 0.837 bits per heavy atom. The van der Waals surface area contributed by atoms with Crippen LogP contribution in [0.1, 0.15) is 22.3 Å². The molecular formula is C38H36FeO2P2. The summed E-state index contributed by atoms with van der Waals surface area (Å²) >= 11 is 0. The van der Waals surface area contributed by atoms with Gasteiger partial charge in [0.25, 0.3) is 0 Å². The topological polar surface area (TPSA) is 34.1 Å². The molecule has 0 aliphatic rings. The molecule has 0 saturated carbocycles. The Labute approximate surface area is 266 Å². The fourth-order valence-corrected chi connectivity index (χ4v) is 10.8. The van der Waals surface area contributed by atoms with E-state index in [1.807, 2.05) is 121 Å². The van der Waals surface area contributed by atoms with Gasteiger partial charge < -0.3 is 9.13 Å². The van der Waals surface area contributed by atoms with Crippen molar-refractivity contribution in [3.8, 4) is 0 Å². The SMILES string of the molecule is O=P(Cc1ccccc1)(Cc1ccccc1)c1ccc[cH-]1.O=P(Cc1ccccc1)(Cc1ccccc1)c1ccc[cH-]1.[Fe+2]. The zero-order valence-corrected chi connectivity index (χ0v) is 27.0. The number of rotatable bonds is 10. The molecule has 0 aromatic heterocycles. The molecule has 0 spiro atoms. The summed E-state index contributed by atoms with van der Waals surface area (Å²) in [5, 5.41) is 1.96. The molecule has 0 atom stereocenters. The second-order valence-electron chi connectivity index (χ2n) is 10.6. The summed E-state index contributed by atoms with van der Waals surface area (Å²) in [6.07, 6.45) is 2.47. The van der Waals surface area contributed by atoms with Crippen molar-refractivity contribution in [3.63, 3.8) is 0 Å². The van der Waals surface area contributed by atoms with Crippen molar-refractivity contribution >= 4 is 24.9 Å². The molecule has 0 bridgehead atoms. The van der Waals surface area contributed by atoms with Gasteiger partial charge in [-0.15, -0.1) is 10.6 Å². The number of hydrogen-bond acceptors (Lipinski definition) is 2. The van der Waals surface area contributed by atoms with Gasteiger partial charge in [0, 0.05) is 24.6 Å². The molecular weight excluding hydrogens is 606 g/mol. The van der Waals surface area contributed by atoms with Crippen molar-refractivity contribution in [2.75, 3.05) is 0 Å². The van der Waals surface area contributed by atoms with E-state index in [0.717, 1.165) is 32.9 Å². The predicted molar refractivity (Wildman–Crippen MR) is 179 cm³/mol. The van der Waals surface area contributed by atoms with Crippen LogP contribution in [0.5, 0.6) is 0 Å². The first kappa shape index (κ1) is 32.5. The molecule has 6 aromatic rings. The largest absolute Gasteiger partial charge is 2.00 e. The van der Waals surface area contributed by atoms with Gasteiger partial charge in [0.05, 0.1) is 14.3 Å². The van der Waals surface area contributed by atoms with E-state index < -0.39 is 14.3 Å². The molecule has 6 aromatic carbocycles. The van der Waals surface area contributed by atoms with Gasteiger partial charge in [0.1, 0.15) is 0 Å². The van der Waals surface area contributed by atoms with E-state index in [1.54, 1.807) is 0 Å². The molecule has 6 rings (SSSR count). The van der Waals surface area contributed by atoms with E-state index in [-0.39, 0.29) is 17.1 Å². The molecule has 0 heterocycles. The van der Waals surface area contributed by atoms with E-state index >= 15 is 0 Å². The second kappa shape index (κ2) is 15.9. The van der Waals surface area contributed by atoms with Gasteiger partial charge in [-0.2, -0.15) is 24.3 Å². The fraction of sp³-hybridized carbons (Fsp3) is 0.105. The van der Waals surface area contributed by atoms with Gasteiger partial charge in [-0.3, -0.25) is 0 Å². The molecule has 0 radical (unpaired) electrons. The van der Waals surface area contributed by atoms with Crippen molar-refractivity contribution in [1.29, 1.82) is 0 Å². The zero-order chi connectivity index (χ0) is 29.1. The van der Waals surface area contributed by atoms with Crippen LogP contribution in [0.15, 0.2) is 170 Å². The standard InChI is InChI=1S/2C19H18OP.Fe/c2*20-21(19-13-7-8-14-19,15-17-9-3-1-4-10-17)16-18-11-5-2-6-12-18;/h2*1-14H,15-16H2;/q2*-1;+2. The van der Waals surface area contributed by atoms with E-state index in [0.29, 0.717) is 24.6 Å². The van der Waals surface area contributed by atoms with Crippen LogP contribution in [0.2, 0.25) is 0 Å². The molecule has 0 aliphatic heterocycles. The average molecular weight is 642 g/mol. The Balaban J connectivity index is 0.000000192. The Hall–Kier alpha value is -3.44. The third kappa shape index (κ3) is 9.27. The Morgan fingerprint density at radius 1 is 0.372 bits per heavy atom. The Morgan fingerprint density at radius 2 is 0.628 bits per heavy atom. The minimum Gasteiger partial charge on any atom is -0.320 e. The van der Waals surface area contributed by atoms with Crippen LogP contribution in [0.4, 0.5) is 0 Å². The van der Waals surface area contributed by atoms with E-state index in [1.165, 1.54) is 0 Å². The van der Waals surface area contributed by atoms with Crippen LogP contribution >= 0.6 is 14.3 Å². The predicted octanol–water partition coefficient (Wildman–Crippen LogP) is 9.59. The van der Waals surface area contributed by atoms with E-state index in [9.17, 15) is 9.13 Å². The maximum atomic E-state index is 13.6. The van der Waals surface area contributed by atoms with Gasteiger partial charge >= 0.3 is 17.1 Å². The van der Waals surface area contributed by atoms with Crippen molar-refractivity contribution in [2.45, 2.75) is 24.6 Å². The van der Waals surface area contributed by atoms with Crippen molar-refractivity contribution in [1.82, 2.24) is 0 Å². The molecule has 2 nitrogen and oxygen atoms in total. The van der Waals surface area contributed by atoms with Crippen molar-refractivity contribution in [2.24, 2.45) is 0 Å². The normalized spacial score (nSPS) is 11.2. The smallest absolute Gasteiger partial charge is 0.320 e. The maximum absolute atomic E-state index is 13.6. The molecule has 0 unspecified atom stereocenters. The third-order valence-corrected chi connectivity index (χ3v) is 13.3. The summed E-state index contributed by atoms with van der Waals surface area (Å²) in [5.41, 5.74) is 4.55. The summed E-state index contributed by atoms with van der Waals surface area (Å²) in [5.74, 6) is 0. The quantitative estimate of drug-likeness (QED) is 0.0848. The van der Waals surface area contributed by atoms with Crippen molar-refractivity contribution in [3.05, 3.63) is 192 Å². The summed E-state index contributed by atoms with van der Waals surface area (Å²) in [7, 11) is -4.94. The molecule has 0 saturated heterocycles. The summed E-state index contributed by atoms with van der Waals surface area (Å²) in [4.78, 5) is 0. The zero-order valence-electron chi connectivity index (χ0n) is 24.1. The number of hydrogen-bond donors (Lipinski definition) is 0. The average Bonchev–Trinajstić information content (AvgIpc) is 3.76. The molecule has 0 amide bonds. The maximum Gasteiger partial charge on any atom is 2.00 e. The van der Waals surface area contributed by atoms with Gasteiger partial charge in [0.2, 0.25) is 0 Å². The van der Waals surface area contributed by atoms with Crippen LogP contribution in [-0.4, -0.2) is 0 Å². The minimum atomic E-state index is -2.47. The van der Waals surface area contributed by atoms with Crippen molar-refractivity contribution < 1.29 is 26.2 Å². The van der Waals surface area contributed by atoms with Gasteiger partial charge in [-0.25, -0.2) is 24.3 Å². The monoisotopic (exact) mass is 642 g/mol. The Kier molecular flexibility index (Phi) is 12.0. The molecule has 0 N–H and O–H groups in total. The van der Waals surface area contributed by atoms with Crippen LogP contribution in [0.25, 0.3) is 0 Å². The van der Waals surface area contributed by atoms with Crippen LogP contribution in [0, 0.1) is 0 Å². The fourth-order valence-electron chi connectivity index (χ4n) is 5.26. The molecule has 43 heavy (non-hydrogen) atoms. The van der Waals surface area contributed by atoms with Crippen LogP contribution in [0.3, 0.4) is 0 Å². The summed E-state index contributed by atoms with van der Waals surface area (Å²) in [6.45, 7) is 0. The van der Waals surface area contributed by atoms with Gasteiger partial charge in [0.15, 0.2) is 0 Å². The molecule has 5 heteroatoms. The minimum absolute atomic E-state index is 0. The third-order valence-electron chi connectivity index (χ3n) is 7.35. The molecule has 218 valence electrons. The van der Waals surface area contributed by atoms with Gasteiger partial charge in [-0.1, -0.05) is 121 Å². The van der Waals surface area contributed by atoms with Crippen LogP contribution < -0.4 is 10.6 Å². The first-order valence-corrected chi connectivity index (χ1v) is 18.4. The molecule has 0 aliphatic carbocycles. The van der Waals surface area contributed by atoms with Gasteiger partial charge in [-0.05, 0) is 22.3 Å². The summed E-state index contributed by atoms with van der Waals surface area (Å²) < 4.78 is 27.2. The first-order chi connectivity index (χ1) is 20.5. The second-order valence-corrected chi connectivity index (χ2v) is 16.5. The van der Waals surface area contributed by atoms with Crippen LogP contribution in [-0.2, 0) is 50.8 Å². The number of benzene rings is 4. The molecule has 0 fully saturated rings. The van der Waals surface area contributed by atoms with E-state index in [2.05, 4.69) is 48.5 Å².